The lowest BCUT2D eigenvalue weighted by atomic mass is 10.2. The Morgan fingerprint density at radius 2 is 1.86 bits per heavy atom. The maximum Gasteiger partial charge on any atom is 0.290 e. The highest BCUT2D eigenvalue weighted by atomic mass is 35.5. The fourth-order valence-corrected chi connectivity index (χ4v) is 5.17. The van der Waals surface area contributed by atoms with E-state index in [1.54, 1.807) is 23.1 Å². The van der Waals surface area contributed by atoms with Gasteiger partial charge in [-0.2, -0.15) is 14.6 Å². The van der Waals surface area contributed by atoms with Gasteiger partial charge in [0.1, 0.15) is 16.2 Å². The molecule has 0 aliphatic carbocycles. The highest BCUT2D eigenvalue weighted by Gasteiger charge is 2.13. The lowest BCUT2D eigenvalue weighted by Crippen LogP contribution is -2.11. The van der Waals surface area contributed by atoms with Crippen LogP contribution in [0, 0.1) is 6.92 Å². The molecule has 0 radical (unpaired) electrons. The molecule has 0 aliphatic rings. The summed E-state index contributed by atoms with van der Waals surface area (Å²) in [6, 6.07) is 17.2. The van der Waals surface area contributed by atoms with E-state index in [9.17, 15) is 4.79 Å². The molecule has 5 heterocycles. The molecule has 6 aromatic rings. The zero-order valence-corrected chi connectivity index (χ0v) is 20.1. The smallest absolute Gasteiger partial charge is 0.290 e. The van der Waals surface area contributed by atoms with Gasteiger partial charge in [-0.25, -0.2) is 4.98 Å². The number of thiophene rings is 1. The first-order chi connectivity index (χ1) is 16.9. The standard InChI is InChI=1S/C25H18ClN7OS/c1-14-8-22(27)33-23(30-14)9-19(31-33)18-7-4-16(11-28-18)21-10-20-24(35-21)25(34)29-13-32(20)12-15-2-5-17(26)6-3-15/h2-11,13H,12,27H2,1H3. The molecule has 0 aliphatic heterocycles. The maximum absolute atomic E-state index is 12.5. The zero-order chi connectivity index (χ0) is 24.1. The second kappa shape index (κ2) is 8.30. The predicted molar refractivity (Wildman–Crippen MR) is 139 cm³/mol. The summed E-state index contributed by atoms with van der Waals surface area (Å²) >= 11 is 7.42. The number of nitrogen functional groups attached to an aromatic ring is 1. The topological polar surface area (TPSA) is 104 Å². The molecule has 0 saturated heterocycles. The average molecular weight is 500 g/mol. The van der Waals surface area contributed by atoms with Gasteiger partial charge in [-0.15, -0.1) is 11.3 Å². The molecule has 0 amide bonds. The fourth-order valence-electron chi connectivity index (χ4n) is 3.99. The van der Waals surface area contributed by atoms with Crippen molar-refractivity contribution in [2.45, 2.75) is 13.5 Å². The van der Waals surface area contributed by atoms with Crippen molar-refractivity contribution in [3.63, 3.8) is 0 Å². The van der Waals surface area contributed by atoms with E-state index in [4.69, 9.17) is 17.3 Å². The van der Waals surface area contributed by atoms with E-state index in [1.165, 1.54) is 11.3 Å². The van der Waals surface area contributed by atoms with E-state index < -0.39 is 0 Å². The summed E-state index contributed by atoms with van der Waals surface area (Å²) in [5.41, 5.74) is 11.5. The van der Waals surface area contributed by atoms with Crippen molar-refractivity contribution in [2.75, 3.05) is 5.73 Å². The normalized spacial score (nSPS) is 11.5. The Hall–Kier alpha value is -4.08. The predicted octanol–water partition coefficient (Wildman–Crippen LogP) is 4.82. The van der Waals surface area contributed by atoms with E-state index in [2.05, 4.69) is 20.1 Å². The first-order valence-corrected chi connectivity index (χ1v) is 12.0. The molecular formula is C25H18ClN7OS. The van der Waals surface area contributed by atoms with Crippen LogP contribution in [0.15, 0.2) is 71.9 Å². The molecule has 2 N–H and O–H groups in total. The summed E-state index contributed by atoms with van der Waals surface area (Å²) in [4.78, 5) is 26.6. The summed E-state index contributed by atoms with van der Waals surface area (Å²) in [6.07, 6.45) is 3.37. The molecule has 35 heavy (non-hydrogen) atoms. The van der Waals surface area contributed by atoms with Gasteiger partial charge >= 0.3 is 0 Å². The van der Waals surface area contributed by atoms with Crippen LogP contribution in [0.3, 0.4) is 0 Å². The van der Waals surface area contributed by atoms with Gasteiger partial charge in [0.2, 0.25) is 0 Å². The summed E-state index contributed by atoms with van der Waals surface area (Å²) in [5, 5.41) is 5.22. The summed E-state index contributed by atoms with van der Waals surface area (Å²) in [5.74, 6) is 0.523. The second-order valence-corrected chi connectivity index (χ2v) is 9.67. The number of fused-ring (bicyclic) bond motifs is 2. The first-order valence-electron chi connectivity index (χ1n) is 10.8. The van der Waals surface area contributed by atoms with Gasteiger partial charge in [-0.3, -0.25) is 9.78 Å². The number of halogens is 1. The van der Waals surface area contributed by atoms with E-state index in [0.717, 1.165) is 27.2 Å². The number of benzene rings is 1. The van der Waals surface area contributed by atoms with E-state index in [-0.39, 0.29) is 5.56 Å². The van der Waals surface area contributed by atoms with Gasteiger partial charge in [0.05, 0.1) is 17.5 Å². The molecule has 0 unspecified atom stereocenters. The Labute approximate surface area is 208 Å². The molecule has 0 fully saturated rings. The monoisotopic (exact) mass is 499 g/mol. The lowest BCUT2D eigenvalue weighted by molar-refractivity contribution is 0.800. The van der Waals surface area contributed by atoms with Crippen LogP contribution >= 0.6 is 22.9 Å². The van der Waals surface area contributed by atoms with Crippen molar-refractivity contribution in [2.24, 2.45) is 0 Å². The van der Waals surface area contributed by atoms with Crippen LogP contribution in [0.25, 0.3) is 37.7 Å². The maximum atomic E-state index is 12.5. The highest BCUT2D eigenvalue weighted by molar-refractivity contribution is 7.22. The Morgan fingerprint density at radius 3 is 2.63 bits per heavy atom. The van der Waals surface area contributed by atoms with Gasteiger partial charge in [-0.1, -0.05) is 23.7 Å². The largest absolute Gasteiger partial charge is 0.384 e. The number of hydrogen-bond acceptors (Lipinski definition) is 7. The number of aromatic nitrogens is 6. The zero-order valence-electron chi connectivity index (χ0n) is 18.5. The molecule has 6 rings (SSSR count). The number of hydrogen-bond donors (Lipinski definition) is 1. The average Bonchev–Trinajstić information content (AvgIpc) is 3.48. The van der Waals surface area contributed by atoms with Crippen molar-refractivity contribution >= 4 is 44.6 Å². The second-order valence-electron chi connectivity index (χ2n) is 8.18. The summed E-state index contributed by atoms with van der Waals surface area (Å²) < 4.78 is 4.18. The molecule has 0 atom stereocenters. The fraction of sp³-hybridized carbons (Fsp3) is 0.0800. The quantitative estimate of drug-likeness (QED) is 0.373. The third-order valence-electron chi connectivity index (χ3n) is 5.69. The minimum absolute atomic E-state index is 0.238. The molecule has 172 valence electrons. The highest BCUT2D eigenvalue weighted by Crippen LogP contribution is 2.32. The molecule has 1 aromatic carbocycles. The van der Waals surface area contributed by atoms with E-state index in [0.29, 0.717) is 39.1 Å². The minimum atomic E-state index is -0.238. The summed E-state index contributed by atoms with van der Waals surface area (Å²) in [6.45, 7) is 2.47. The number of pyridine rings is 1. The van der Waals surface area contributed by atoms with Crippen molar-refractivity contribution < 1.29 is 0 Å². The molecule has 0 bridgehead atoms. The van der Waals surface area contributed by atoms with Crippen molar-refractivity contribution in [1.29, 1.82) is 0 Å². The van der Waals surface area contributed by atoms with Gasteiger partial charge in [0.15, 0.2) is 5.65 Å². The number of rotatable bonds is 4. The third kappa shape index (κ3) is 3.94. The van der Waals surface area contributed by atoms with Gasteiger partial charge in [-0.05, 0) is 42.8 Å². The van der Waals surface area contributed by atoms with Crippen LogP contribution in [-0.4, -0.2) is 29.1 Å². The van der Waals surface area contributed by atoms with Crippen molar-refractivity contribution in [1.82, 2.24) is 29.1 Å². The van der Waals surface area contributed by atoms with Crippen LogP contribution in [0.2, 0.25) is 5.02 Å². The first kappa shape index (κ1) is 21.5. The van der Waals surface area contributed by atoms with Crippen LogP contribution < -0.4 is 11.3 Å². The SMILES string of the molecule is Cc1cc(N)n2nc(-c3ccc(-c4cc5c(s4)c(=O)ncn5Cc4ccc(Cl)cc4)cn3)cc2n1. The van der Waals surface area contributed by atoms with Crippen LogP contribution in [0.4, 0.5) is 5.82 Å². The molecule has 5 aromatic heterocycles. The van der Waals surface area contributed by atoms with Gasteiger partial charge in [0.25, 0.3) is 5.56 Å². The molecule has 8 nitrogen and oxygen atoms in total. The van der Waals surface area contributed by atoms with Crippen molar-refractivity contribution in [3.05, 3.63) is 93.8 Å². The third-order valence-corrected chi connectivity index (χ3v) is 7.10. The molecule has 0 saturated carbocycles. The Balaban J connectivity index is 1.35. The molecule has 0 spiro atoms. The van der Waals surface area contributed by atoms with Gasteiger partial charge < -0.3 is 10.3 Å². The lowest BCUT2D eigenvalue weighted by Gasteiger charge is -2.07. The van der Waals surface area contributed by atoms with E-state index in [1.807, 2.05) is 60.0 Å². The van der Waals surface area contributed by atoms with Crippen LogP contribution in [0.5, 0.6) is 0 Å². The minimum Gasteiger partial charge on any atom is -0.384 e. The number of nitrogens with zero attached hydrogens (tertiary/aromatic N) is 6. The number of aryl methyl sites for hydroxylation is 1. The van der Waals surface area contributed by atoms with Gasteiger partial charge in [0, 0.05) is 46.0 Å². The Kier molecular flexibility index (Phi) is 5.09. The number of anilines is 1. The van der Waals surface area contributed by atoms with E-state index >= 15 is 0 Å². The number of nitrogens with two attached hydrogens (primary N) is 1. The summed E-state index contributed by atoms with van der Waals surface area (Å²) in [7, 11) is 0. The Bertz CT molecular complexity index is 1770. The molecular weight excluding hydrogens is 482 g/mol. The molecule has 10 heteroatoms. The van der Waals surface area contributed by atoms with Crippen molar-refractivity contribution in [3.8, 4) is 21.8 Å². The Morgan fingerprint density at radius 1 is 1.03 bits per heavy atom. The van der Waals surface area contributed by atoms with Crippen LogP contribution in [-0.2, 0) is 6.54 Å². The van der Waals surface area contributed by atoms with Crippen LogP contribution in [0.1, 0.15) is 11.3 Å².